The fraction of sp³-hybridized carbons (Fsp3) is 0.400. The molecule has 306 valence electrons. The number of piperazine rings is 1. The van der Waals surface area contributed by atoms with Gasteiger partial charge in [-0.25, -0.2) is 9.97 Å². The van der Waals surface area contributed by atoms with Crippen LogP contribution in [0, 0.1) is 17.2 Å². The summed E-state index contributed by atoms with van der Waals surface area (Å²) in [7, 11) is 1.54. The fourth-order valence-corrected chi connectivity index (χ4v) is 8.44. The van der Waals surface area contributed by atoms with Gasteiger partial charge in [-0.1, -0.05) is 37.6 Å². The molecule has 3 saturated heterocycles. The predicted octanol–water partition coefficient (Wildman–Crippen LogP) is 5.63. The highest BCUT2D eigenvalue weighted by molar-refractivity contribution is 6.30. The molecule has 3 aromatic carbocycles. The predicted molar refractivity (Wildman–Crippen MR) is 225 cm³/mol. The monoisotopic (exact) mass is 816 g/mol. The van der Waals surface area contributed by atoms with E-state index in [0.717, 1.165) is 86.9 Å². The molecule has 3 aliphatic heterocycles. The van der Waals surface area contributed by atoms with E-state index in [1.54, 1.807) is 24.4 Å². The highest BCUT2D eigenvalue weighted by Crippen LogP contribution is 2.35. The van der Waals surface area contributed by atoms with Crippen molar-refractivity contribution in [3.05, 3.63) is 111 Å². The number of hydrogen-bond acceptors (Lipinski definition) is 11. The van der Waals surface area contributed by atoms with E-state index in [1.807, 2.05) is 48.5 Å². The first kappa shape index (κ1) is 41.3. The van der Waals surface area contributed by atoms with Gasteiger partial charge in [-0.3, -0.25) is 29.4 Å². The Kier molecular flexibility index (Phi) is 12.6. The molecule has 3 aliphatic rings. The maximum Gasteiger partial charge on any atom is 0.255 e. The summed E-state index contributed by atoms with van der Waals surface area (Å²) in [5.41, 5.74) is 4.42. The second-order valence-corrected chi connectivity index (χ2v) is 16.6. The van der Waals surface area contributed by atoms with Crippen LogP contribution in [0.1, 0.15) is 82.6 Å². The molecule has 1 unspecified atom stereocenters. The third-order valence-corrected chi connectivity index (χ3v) is 12.2. The van der Waals surface area contributed by atoms with E-state index in [1.165, 1.54) is 11.9 Å². The van der Waals surface area contributed by atoms with Crippen molar-refractivity contribution in [1.82, 2.24) is 25.1 Å². The number of ether oxygens (including phenoxy) is 1. The number of nitrogens with one attached hydrogen (secondary N) is 1. The number of nitrogens with zero attached hydrogens (tertiary/aromatic N) is 7. The third kappa shape index (κ3) is 9.56. The summed E-state index contributed by atoms with van der Waals surface area (Å²) in [6.07, 6.45) is 4.88. The number of aldehydes is 1. The molecule has 14 heteroatoms. The number of benzene rings is 3. The second-order valence-electron chi connectivity index (χ2n) is 16.1. The van der Waals surface area contributed by atoms with Gasteiger partial charge in [0, 0.05) is 87.2 Å². The summed E-state index contributed by atoms with van der Waals surface area (Å²) in [5, 5.41) is 12.2. The van der Waals surface area contributed by atoms with Gasteiger partial charge in [0.2, 0.25) is 17.8 Å². The number of amides is 3. The number of piperidine rings is 2. The van der Waals surface area contributed by atoms with Gasteiger partial charge < -0.3 is 19.4 Å². The topological polar surface area (TPSA) is 152 Å². The van der Waals surface area contributed by atoms with E-state index in [2.05, 4.69) is 44.9 Å². The van der Waals surface area contributed by atoms with E-state index >= 15 is 0 Å². The van der Waals surface area contributed by atoms with Crippen LogP contribution in [0.25, 0.3) is 0 Å². The molecule has 0 spiro atoms. The standard InChI is InChI=1S/C45H49ClN8O5/c1-45(2,34-22-31(26-47)23-35(46)24-34)33-5-8-38(9-6-33)59-29-36-12-15-48-44(49-36)54-20-18-52(19-21-54)27-30-13-16-53(17-14-30)37-7-4-32(28-55)39(25-37)43(58)51(3)40-10-11-41(56)50-42(40)57/h4-9,12,15,22-25,28,30,40H,10-11,13-14,16-21,27,29H2,1-3H3,(H,50,56,57). The van der Waals surface area contributed by atoms with E-state index in [-0.39, 0.29) is 35.3 Å². The van der Waals surface area contributed by atoms with Crippen LogP contribution in [0.2, 0.25) is 5.02 Å². The third-order valence-electron chi connectivity index (χ3n) is 12.0. The lowest BCUT2D eigenvalue weighted by Crippen LogP contribution is -2.53. The van der Waals surface area contributed by atoms with Gasteiger partial charge >= 0.3 is 0 Å². The lowest BCUT2D eigenvalue weighted by Gasteiger charge is -2.39. The molecular weight excluding hydrogens is 768 g/mol. The Morgan fingerprint density at radius 3 is 2.41 bits per heavy atom. The summed E-state index contributed by atoms with van der Waals surface area (Å²) in [6.45, 7) is 10.7. The second kappa shape index (κ2) is 18.0. The molecule has 0 aliphatic carbocycles. The van der Waals surface area contributed by atoms with Crippen molar-refractivity contribution in [1.29, 1.82) is 5.26 Å². The van der Waals surface area contributed by atoms with Gasteiger partial charge in [-0.05, 0) is 90.9 Å². The van der Waals surface area contributed by atoms with Crippen LogP contribution in [0.3, 0.4) is 0 Å². The number of anilines is 2. The van der Waals surface area contributed by atoms with Crippen molar-refractivity contribution in [3.8, 4) is 11.8 Å². The van der Waals surface area contributed by atoms with Gasteiger partial charge in [0.25, 0.3) is 5.91 Å². The number of rotatable bonds is 12. The molecule has 0 saturated carbocycles. The number of nitriles is 1. The Hall–Kier alpha value is -5.84. The summed E-state index contributed by atoms with van der Waals surface area (Å²) >= 11 is 6.30. The average molecular weight is 817 g/mol. The minimum atomic E-state index is -0.767. The van der Waals surface area contributed by atoms with E-state index < -0.39 is 17.9 Å². The minimum Gasteiger partial charge on any atom is -0.487 e. The molecule has 59 heavy (non-hydrogen) atoms. The number of carbonyl (C=O) groups is 4. The van der Waals surface area contributed by atoms with Crippen LogP contribution in [0.15, 0.2) is 72.9 Å². The molecule has 13 nitrogen and oxygen atoms in total. The van der Waals surface area contributed by atoms with Crippen molar-refractivity contribution in [3.63, 3.8) is 0 Å². The largest absolute Gasteiger partial charge is 0.487 e. The molecule has 4 heterocycles. The number of likely N-dealkylation sites (N-methyl/N-ethyl adjacent to an activating group) is 1. The van der Waals surface area contributed by atoms with Crippen LogP contribution < -0.4 is 19.9 Å². The van der Waals surface area contributed by atoms with Crippen molar-refractivity contribution in [2.45, 2.75) is 57.6 Å². The first-order valence-corrected chi connectivity index (χ1v) is 20.5. The molecule has 3 fully saturated rings. The van der Waals surface area contributed by atoms with Crippen LogP contribution >= 0.6 is 11.6 Å². The molecule has 4 aromatic rings. The molecule has 1 N–H and O–H groups in total. The van der Waals surface area contributed by atoms with Crippen molar-refractivity contribution in [2.24, 2.45) is 5.92 Å². The van der Waals surface area contributed by atoms with E-state index in [0.29, 0.717) is 35.3 Å². The molecule has 3 amide bonds. The lowest BCUT2D eigenvalue weighted by atomic mass is 9.78. The number of imide groups is 1. The van der Waals surface area contributed by atoms with Crippen LogP contribution in [-0.2, 0) is 21.6 Å². The minimum absolute atomic E-state index is 0.163. The maximum absolute atomic E-state index is 13.5. The Labute approximate surface area is 349 Å². The van der Waals surface area contributed by atoms with Gasteiger partial charge in [0.1, 0.15) is 18.4 Å². The number of halogens is 1. The number of hydrogen-bond donors (Lipinski definition) is 1. The Balaban J connectivity index is 0.873. The molecule has 1 atom stereocenters. The van der Waals surface area contributed by atoms with Crippen LogP contribution in [0.4, 0.5) is 11.6 Å². The molecule has 0 radical (unpaired) electrons. The smallest absolute Gasteiger partial charge is 0.255 e. The lowest BCUT2D eigenvalue weighted by molar-refractivity contribution is -0.136. The molecule has 7 rings (SSSR count). The first-order valence-electron chi connectivity index (χ1n) is 20.1. The maximum atomic E-state index is 13.5. The fourth-order valence-electron chi connectivity index (χ4n) is 8.21. The Morgan fingerprint density at radius 2 is 1.71 bits per heavy atom. The first-order chi connectivity index (χ1) is 28.4. The van der Waals surface area contributed by atoms with Gasteiger partial charge in [-0.2, -0.15) is 5.26 Å². The Morgan fingerprint density at radius 1 is 0.966 bits per heavy atom. The van der Waals surface area contributed by atoms with Gasteiger partial charge in [-0.15, -0.1) is 0 Å². The van der Waals surface area contributed by atoms with Crippen LogP contribution in [0.5, 0.6) is 5.75 Å². The zero-order valence-corrected chi connectivity index (χ0v) is 34.5. The van der Waals surface area contributed by atoms with Crippen LogP contribution in [-0.4, -0.2) is 103 Å². The summed E-state index contributed by atoms with van der Waals surface area (Å²) < 4.78 is 6.13. The van der Waals surface area contributed by atoms with Crippen molar-refractivity contribution >= 4 is 47.2 Å². The van der Waals surface area contributed by atoms with Crippen molar-refractivity contribution < 1.29 is 23.9 Å². The van der Waals surface area contributed by atoms with Crippen molar-refractivity contribution in [2.75, 3.05) is 62.7 Å². The summed E-state index contributed by atoms with van der Waals surface area (Å²) in [5.74, 6) is 0.715. The zero-order chi connectivity index (χ0) is 41.7. The highest BCUT2D eigenvalue weighted by atomic mass is 35.5. The number of aromatic nitrogens is 2. The molecular formula is C45H49ClN8O5. The molecule has 0 bridgehead atoms. The SMILES string of the molecule is CN(C(=O)c1cc(N2CCC(CN3CCN(c4nccc(COc5ccc(C(C)(C)c6cc(Cl)cc(C#N)c6)cc5)n4)CC3)CC2)ccc1C=O)C1CCC(=O)NC1=O. The normalized spacial score (nSPS) is 17.9. The van der Waals surface area contributed by atoms with E-state index in [4.69, 9.17) is 21.3 Å². The van der Waals surface area contributed by atoms with E-state index in [9.17, 15) is 24.4 Å². The van der Waals surface area contributed by atoms with Gasteiger partial charge in [0.05, 0.1) is 22.9 Å². The zero-order valence-electron chi connectivity index (χ0n) is 33.7. The highest BCUT2D eigenvalue weighted by Gasteiger charge is 2.34. The quantitative estimate of drug-likeness (QED) is 0.140. The summed E-state index contributed by atoms with van der Waals surface area (Å²) in [6, 6.07) is 22.1. The molecule has 1 aromatic heterocycles. The summed E-state index contributed by atoms with van der Waals surface area (Å²) in [4.78, 5) is 67.2. The van der Waals surface area contributed by atoms with Gasteiger partial charge in [0.15, 0.2) is 6.29 Å². The Bertz CT molecular complexity index is 2240. The number of carbonyl (C=O) groups excluding carboxylic acids is 4. The average Bonchev–Trinajstić information content (AvgIpc) is 3.25.